The number of aromatic nitrogens is 2. The Morgan fingerprint density at radius 3 is 2.73 bits per heavy atom. The number of hydrogen-bond acceptors (Lipinski definition) is 4. The summed E-state index contributed by atoms with van der Waals surface area (Å²) in [5, 5.41) is 8.54. The van der Waals surface area contributed by atoms with Crippen LogP contribution in [0.1, 0.15) is 5.56 Å². The molecule has 0 aliphatic heterocycles. The van der Waals surface area contributed by atoms with Crippen molar-refractivity contribution in [1.82, 2.24) is 10.2 Å². The topological polar surface area (TPSA) is 35.0 Å². The van der Waals surface area contributed by atoms with Gasteiger partial charge in [-0.05, 0) is 30.2 Å². The molecule has 2 aromatic rings. The number of benzene rings is 1. The molecule has 0 unspecified atom stereocenters. The van der Waals surface area contributed by atoms with Crippen LogP contribution in [-0.4, -0.2) is 17.3 Å². The van der Waals surface area contributed by atoms with Gasteiger partial charge in [0.1, 0.15) is 10.8 Å². The Hall–Kier alpha value is -1.13. The van der Waals surface area contributed by atoms with Crippen molar-refractivity contribution in [1.29, 1.82) is 0 Å². The Kier molecular flexibility index (Phi) is 2.88. The highest BCUT2D eigenvalue weighted by molar-refractivity contribution is 7.18. The van der Waals surface area contributed by atoms with Crippen LogP contribution in [0.15, 0.2) is 18.2 Å². The number of methoxy groups -OCH3 is 1. The molecule has 0 fully saturated rings. The fourth-order valence-corrected chi connectivity index (χ4v) is 2.10. The van der Waals surface area contributed by atoms with Gasteiger partial charge in [0.05, 0.1) is 7.11 Å². The van der Waals surface area contributed by atoms with Gasteiger partial charge in [0.15, 0.2) is 0 Å². The third-order valence-electron chi connectivity index (χ3n) is 2.06. The first-order valence-electron chi connectivity index (χ1n) is 4.34. The summed E-state index contributed by atoms with van der Waals surface area (Å²) >= 11 is 7.08. The summed E-state index contributed by atoms with van der Waals surface area (Å²) in [6, 6.07) is 5.91. The molecule has 0 bridgehead atoms. The lowest BCUT2D eigenvalue weighted by Crippen LogP contribution is -1.87. The van der Waals surface area contributed by atoms with Crippen LogP contribution in [0.25, 0.3) is 10.6 Å². The van der Waals surface area contributed by atoms with Crippen LogP contribution in [0.2, 0.25) is 4.47 Å². The van der Waals surface area contributed by atoms with Crippen molar-refractivity contribution in [2.24, 2.45) is 0 Å². The fraction of sp³-hybridized carbons (Fsp3) is 0.200. The second kappa shape index (κ2) is 4.16. The summed E-state index contributed by atoms with van der Waals surface area (Å²) in [4.78, 5) is 0. The average molecular weight is 241 g/mol. The summed E-state index contributed by atoms with van der Waals surface area (Å²) in [6.07, 6.45) is 0. The van der Waals surface area contributed by atoms with E-state index in [1.54, 1.807) is 7.11 Å². The summed E-state index contributed by atoms with van der Waals surface area (Å²) in [6.45, 7) is 2.00. The third-order valence-corrected chi connectivity index (χ3v) is 3.12. The Bertz CT molecular complexity index is 484. The van der Waals surface area contributed by atoms with Gasteiger partial charge in [-0.1, -0.05) is 23.5 Å². The van der Waals surface area contributed by atoms with E-state index in [0.717, 1.165) is 21.9 Å². The monoisotopic (exact) mass is 240 g/mol. The van der Waals surface area contributed by atoms with Gasteiger partial charge in [-0.2, -0.15) is 0 Å². The standard InChI is InChI=1S/C10H9ClN2OS/c1-6-3-4-7(5-8(6)14-2)9-12-13-10(11)15-9/h3-5H,1-2H3. The van der Waals surface area contributed by atoms with Gasteiger partial charge >= 0.3 is 0 Å². The van der Waals surface area contributed by atoms with Gasteiger partial charge < -0.3 is 4.74 Å². The summed E-state index contributed by atoms with van der Waals surface area (Å²) < 4.78 is 5.69. The fourth-order valence-electron chi connectivity index (χ4n) is 1.28. The maximum atomic E-state index is 5.73. The van der Waals surface area contributed by atoms with Crippen LogP contribution < -0.4 is 4.74 Å². The summed E-state index contributed by atoms with van der Waals surface area (Å²) in [7, 11) is 1.65. The molecule has 0 aliphatic carbocycles. The highest BCUT2D eigenvalue weighted by Gasteiger charge is 2.07. The third kappa shape index (κ3) is 2.11. The number of aryl methyl sites for hydroxylation is 1. The van der Waals surface area contributed by atoms with E-state index in [1.165, 1.54) is 11.3 Å². The van der Waals surface area contributed by atoms with Crippen molar-refractivity contribution in [3.63, 3.8) is 0 Å². The van der Waals surface area contributed by atoms with Crippen molar-refractivity contribution >= 4 is 22.9 Å². The maximum Gasteiger partial charge on any atom is 0.207 e. The minimum Gasteiger partial charge on any atom is -0.496 e. The molecular weight excluding hydrogens is 232 g/mol. The lowest BCUT2D eigenvalue weighted by molar-refractivity contribution is 0.412. The first-order valence-corrected chi connectivity index (χ1v) is 5.54. The van der Waals surface area contributed by atoms with E-state index in [-0.39, 0.29) is 0 Å². The molecule has 0 aliphatic rings. The molecule has 5 heteroatoms. The van der Waals surface area contributed by atoms with Crippen LogP contribution in [-0.2, 0) is 0 Å². The van der Waals surface area contributed by atoms with Crippen LogP contribution in [0.3, 0.4) is 0 Å². The SMILES string of the molecule is COc1cc(-c2nnc(Cl)s2)ccc1C. The molecule has 1 heterocycles. The second-order valence-corrected chi connectivity index (χ2v) is 4.60. The minimum absolute atomic E-state index is 0.449. The zero-order valence-corrected chi connectivity index (χ0v) is 9.89. The molecule has 0 atom stereocenters. The van der Waals surface area contributed by atoms with Crippen molar-refractivity contribution in [3.8, 4) is 16.3 Å². The average Bonchev–Trinajstić information content (AvgIpc) is 2.66. The molecule has 1 aromatic carbocycles. The Morgan fingerprint density at radius 2 is 2.13 bits per heavy atom. The number of rotatable bonds is 2. The first-order chi connectivity index (χ1) is 7.20. The molecule has 2 rings (SSSR count). The van der Waals surface area contributed by atoms with Gasteiger partial charge in [0.25, 0.3) is 0 Å². The Morgan fingerprint density at radius 1 is 1.33 bits per heavy atom. The number of halogens is 1. The Labute approximate surface area is 96.7 Å². The summed E-state index contributed by atoms with van der Waals surface area (Å²) in [5.41, 5.74) is 2.07. The van der Waals surface area contributed by atoms with Crippen molar-refractivity contribution in [2.75, 3.05) is 7.11 Å². The molecule has 1 aromatic heterocycles. The molecular formula is C10H9ClN2OS. The molecule has 0 saturated carbocycles. The van der Waals surface area contributed by atoms with E-state index in [2.05, 4.69) is 10.2 Å². The molecule has 0 spiro atoms. The first kappa shape index (κ1) is 10.4. The van der Waals surface area contributed by atoms with E-state index in [0.29, 0.717) is 4.47 Å². The van der Waals surface area contributed by atoms with Crippen LogP contribution in [0.4, 0.5) is 0 Å². The largest absolute Gasteiger partial charge is 0.496 e. The predicted molar refractivity (Wildman–Crippen MR) is 61.6 cm³/mol. The highest BCUT2D eigenvalue weighted by Crippen LogP contribution is 2.30. The van der Waals surface area contributed by atoms with Gasteiger partial charge in [-0.25, -0.2) is 0 Å². The number of hydrogen-bond donors (Lipinski definition) is 0. The van der Waals surface area contributed by atoms with Crippen LogP contribution in [0, 0.1) is 6.92 Å². The molecule has 0 amide bonds. The van der Waals surface area contributed by atoms with Gasteiger partial charge in [-0.3, -0.25) is 0 Å². The quantitative estimate of drug-likeness (QED) is 0.809. The Balaban J connectivity index is 2.45. The predicted octanol–water partition coefficient (Wildman–Crippen LogP) is 3.18. The molecule has 0 N–H and O–H groups in total. The van der Waals surface area contributed by atoms with E-state index in [1.807, 2.05) is 25.1 Å². The lowest BCUT2D eigenvalue weighted by Gasteiger charge is -2.05. The number of ether oxygens (including phenoxy) is 1. The van der Waals surface area contributed by atoms with E-state index < -0.39 is 0 Å². The van der Waals surface area contributed by atoms with Crippen molar-refractivity contribution in [3.05, 3.63) is 28.2 Å². The van der Waals surface area contributed by atoms with Gasteiger partial charge in [0.2, 0.25) is 4.47 Å². The van der Waals surface area contributed by atoms with Gasteiger partial charge in [-0.15, -0.1) is 10.2 Å². The molecule has 78 valence electrons. The van der Waals surface area contributed by atoms with E-state index in [9.17, 15) is 0 Å². The van der Waals surface area contributed by atoms with Crippen molar-refractivity contribution < 1.29 is 4.74 Å². The van der Waals surface area contributed by atoms with Gasteiger partial charge in [0, 0.05) is 5.56 Å². The van der Waals surface area contributed by atoms with E-state index in [4.69, 9.17) is 16.3 Å². The highest BCUT2D eigenvalue weighted by atomic mass is 35.5. The minimum atomic E-state index is 0.449. The molecule has 0 radical (unpaired) electrons. The normalized spacial score (nSPS) is 10.3. The zero-order valence-electron chi connectivity index (χ0n) is 8.32. The molecule has 15 heavy (non-hydrogen) atoms. The zero-order chi connectivity index (χ0) is 10.8. The maximum absolute atomic E-state index is 5.73. The smallest absolute Gasteiger partial charge is 0.207 e. The second-order valence-electron chi connectivity index (χ2n) is 3.04. The number of nitrogens with zero attached hydrogens (tertiary/aromatic N) is 2. The van der Waals surface area contributed by atoms with Crippen LogP contribution >= 0.6 is 22.9 Å². The summed E-state index contributed by atoms with van der Waals surface area (Å²) in [5.74, 6) is 0.846. The molecule has 3 nitrogen and oxygen atoms in total. The van der Waals surface area contributed by atoms with Crippen molar-refractivity contribution in [2.45, 2.75) is 6.92 Å². The lowest BCUT2D eigenvalue weighted by atomic mass is 10.1. The molecule has 0 saturated heterocycles. The van der Waals surface area contributed by atoms with Crippen LogP contribution in [0.5, 0.6) is 5.75 Å². The van der Waals surface area contributed by atoms with E-state index >= 15 is 0 Å².